The second-order valence-corrected chi connectivity index (χ2v) is 11.0. The lowest BCUT2D eigenvalue weighted by atomic mass is 10.0. The number of anilines is 2. The zero-order valence-electron chi connectivity index (χ0n) is 24.5. The first-order valence-corrected chi connectivity index (χ1v) is 14.5. The van der Waals surface area contributed by atoms with Gasteiger partial charge in [-0.3, -0.25) is 4.79 Å². The lowest BCUT2D eigenvalue weighted by molar-refractivity contribution is -0.110. The summed E-state index contributed by atoms with van der Waals surface area (Å²) in [5, 5.41) is 6.63. The Labute approximate surface area is 242 Å². The minimum atomic E-state index is -0.240. The van der Waals surface area contributed by atoms with Gasteiger partial charge in [-0.15, -0.1) is 0 Å². The van der Waals surface area contributed by atoms with Crippen molar-refractivity contribution in [2.24, 2.45) is 0 Å². The molecule has 8 heteroatoms. The van der Waals surface area contributed by atoms with E-state index in [0.29, 0.717) is 31.9 Å². The molecule has 0 spiro atoms. The molecule has 216 valence electrons. The predicted octanol–water partition coefficient (Wildman–Crippen LogP) is 5.96. The van der Waals surface area contributed by atoms with Crippen LogP contribution >= 0.6 is 0 Å². The number of fused-ring (bicyclic) bond motifs is 2. The number of aryl methyl sites for hydroxylation is 1. The van der Waals surface area contributed by atoms with Crippen molar-refractivity contribution in [3.05, 3.63) is 65.2 Å². The second-order valence-electron chi connectivity index (χ2n) is 11.0. The zero-order chi connectivity index (χ0) is 28.9. The van der Waals surface area contributed by atoms with Crippen molar-refractivity contribution >= 4 is 35.0 Å². The van der Waals surface area contributed by atoms with Crippen LogP contribution in [0.1, 0.15) is 42.9 Å². The van der Waals surface area contributed by atoms with Gasteiger partial charge in [0.05, 0.1) is 18.9 Å². The van der Waals surface area contributed by atoms with E-state index in [1.54, 1.807) is 4.90 Å². The fourth-order valence-electron chi connectivity index (χ4n) is 5.67. The highest BCUT2D eigenvalue weighted by Crippen LogP contribution is 2.42. The largest absolute Gasteiger partial charge is 0.493 e. The highest BCUT2D eigenvalue weighted by molar-refractivity contribution is 6.35. The third kappa shape index (κ3) is 6.49. The summed E-state index contributed by atoms with van der Waals surface area (Å²) in [5.74, 6) is 0.762. The van der Waals surface area contributed by atoms with Crippen molar-refractivity contribution in [2.75, 3.05) is 57.6 Å². The van der Waals surface area contributed by atoms with Crippen LogP contribution in [0.3, 0.4) is 0 Å². The average molecular weight is 557 g/mol. The first kappa shape index (κ1) is 28.5. The van der Waals surface area contributed by atoms with Gasteiger partial charge < -0.3 is 29.9 Å². The summed E-state index contributed by atoms with van der Waals surface area (Å²) in [5.41, 5.74) is 7.58. The number of likely N-dealkylation sites (tertiary alicyclic amines) is 1. The number of amides is 2. The Morgan fingerprint density at radius 3 is 2.66 bits per heavy atom. The van der Waals surface area contributed by atoms with Gasteiger partial charge in [-0.25, -0.2) is 4.79 Å². The first-order valence-electron chi connectivity index (χ1n) is 14.5. The van der Waals surface area contributed by atoms with Crippen LogP contribution < -0.4 is 15.4 Å². The van der Waals surface area contributed by atoms with Gasteiger partial charge in [0.15, 0.2) is 0 Å². The summed E-state index contributed by atoms with van der Waals surface area (Å²) in [6, 6.07) is 16.6. The topological polar surface area (TPSA) is 83.1 Å². The molecule has 0 bridgehead atoms. The van der Waals surface area contributed by atoms with Gasteiger partial charge >= 0.3 is 6.09 Å². The van der Waals surface area contributed by atoms with Crippen molar-refractivity contribution in [1.82, 2.24) is 9.80 Å². The Balaban J connectivity index is 1.31. The van der Waals surface area contributed by atoms with E-state index in [1.807, 2.05) is 49.4 Å². The number of hydrogen-bond donors (Lipinski definition) is 2. The van der Waals surface area contributed by atoms with E-state index >= 15 is 0 Å². The Morgan fingerprint density at radius 2 is 1.90 bits per heavy atom. The Hall–Kier alpha value is -4.04. The number of hydrogen-bond acceptors (Lipinski definition) is 6. The fourth-order valence-corrected chi connectivity index (χ4v) is 5.67. The lowest BCUT2D eigenvalue weighted by Crippen LogP contribution is -2.42. The van der Waals surface area contributed by atoms with Crippen molar-refractivity contribution < 1.29 is 19.1 Å². The average Bonchev–Trinajstić information content (AvgIpc) is 3.32. The molecule has 2 aliphatic carbocycles. The molecule has 0 unspecified atom stereocenters. The summed E-state index contributed by atoms with van der Waals surface area (Å²) < 4.78 is 11.3. The number of carbonyl (C=O) groups excluding carboxylic acids is 2. The van der Waals surface area contributed by atoms with Crippen LogP contribution in [0, 0.1) is 6.92 Å². The standard InChI is InChI=1S/C33H40N4O4/c1-5-40-33(39)37-16-13-24(14-17-37)34-25-11-12-27-28(32(38)35-29(27)21-25)20-23-19-22(2)31-26(23)9-6-7-10-30(31)41-18-8-15-36(3)4/h6-7,9-12,19-21,24,34H,5,8,13-18H2,1-4H3,(H,35,38)/b28-20-. The van der Waals surface area contributed by atoms with Crippen LogP contribution in [0.4, 0.5) is 16.2 Å². The summed E-state index contributed by atoms with van der Waals surface area (Å²) in [4.78, 5) is 29.0. The third-order valence-corrected chi connectivity index (χ3v) is 7.72. The van der Waals surface area contributed by atoms with Crippen LogP contribution in [-0.2, 0) is 9.53 Å². The number of carbonyl (C=O) groups is 2. The van der Waals surface area contributed by atoms with Gasteiger partial charge in [0.1, 0.15) is 5.75 Å². The van der Waals surface area contributed by atoms with Gasteiger partial charge in [0.25, 0.3) is 5.91 Å². The minimum absolute atomic E-state index is 0.104. The Morgan fingerprint density at radius 1 is 1.12 bits per heavy atom. The fraction of sp³-hybridized carbons (Fsp3) is 0.394. The van der Waals surface area contributed by atoms with E-state index in [-0.39, 0.29) is 18.0 Å². The van der Waals surface area contributed by atoms with E-state index in [0.717, 1.165) is 70.7 Å². The number of ether oxygens (including phenoxy) is 2. The van der Waals surface area contributed by atoms with Crippen molar-refractivity contribution in [1.29, 1.82) is 0 Å². The molecule has 2 heterocycles. The van der Waals surface area contributed by atoms with Crippen LogP contribution in [0.5, 0.6) is 5.75 Å². The number of nitrogens with zero attached hydrogens (tertiary/aromatic N) is 2. The first-order chi connectivity index (χ1) is 19.8. The summed E-state index contributed by atoms with van der Waals surface area (Å²) >= 11 is 0. The van der Waals surface area contributed by atoms with Gasteiger partial charge in [-0.1, -0.05) is 30.3 Å². The van der Waals surface area contributed by atoms with E-state index < -0.39 is 0 Å². The maximum atomic E-state index is 13.1. The minimum Gasteiger partial charge on any atom is -0.493 e. The molecule has 1 aromatic carbocycles. The van der Waals surface area contributed by atoms with E-state index in [9.17, 15) is 9.59 Å². The predicted molar refractivity (Wildman–Crippen MR) is 165 cm³/mol. The number of benzene rings is 1. The van der Waals surface area contributed by atoms with Crippen molar-refractivity contribution in [3.63, 3.8) is 0 Å². The molecule has 1 saturated heterocycles. The molecule has 5 rings (SSSR count). The van der Waals surface area contributed by atoms with E-state index in [1.165, 1.54) is 0 Å². The molecular formula is C33H40N4O4. The van der Waals surface area contributed by atoms with Gasteiger partial charge in [0, 0.05) is 48.1 Å². The molecule has 0 aromatic heterocycles. The van der Waals surface area contributed by atoms with E-state index in [2.05, 4.69) is 48.7 Å². The molecule has 4 aliphatic rings. The normalized spacial score (nSPS) is 16.3. The molecule has 0 radical (unpaired) electrons. The summed E-state index contributed by atoms with van der Waals surface area (Å²) in [6.07, 6.45) is 4.39. The molecular weight excluding hydrogens is 516 g/mol. The lowest BCUT2D eigenvalue weighted by Gasteiger charge is -2.32. The number of nitrogens with one attached hydrogen (secondary N) is 2. The molecule has 1 fully saturated rings. The monoisotopic (exact) mass is 556 g/mol. The third-order valence-electron chi connectivity index (χ3n) is 7.72. The Bertz CT molecular complexity index is 1410. The summed E-state index contributed by atoms with van der Waals surface area (Å²) in [6.45, 7) is 7.26. The second kappa shape index (κ2) is 12.6. The van der Waals surface area contributed by atoms with Crippen LogP contribution in [0.2, 0.25) is 0 Å². The van der Waals surface area contributed by atoms with Crippen LogP contribution in [0.15, 0.2) is 48.5 Å². The molecule has 2 amide bonds. The van der Waals surface area contributed by atoms with E-state index in [4.69, 9.17) is 9.47 Å². The highest BCUT2D eigenvalue weighted by atomic mass is 16.6. The Kier molecular flexibility index (Phi) is 8.78. The zero-order valence-corrected chi connectivity index (χ0v) is 24.5. The van der Waals surface area contributed by atoms with Crippen LogP contribution in [-0.4, -0.2) is 74.8 Å². The highest BCUT2D eigenvalue weighted by Gasteiger charge is 2.27. The smallest absolute Gasteiger partial charge is 0.409 e. The van der Waals surface area contributed by atoms with Crippen LogP contribution in [0.25, 0.3) is 22.8 Å². The maximum Gasteiger partial charge on any atom is 0.409 e. The van der Waals surface area contributed by atoms with Gasteiger partial charge in [0.2, 0.25) is 0 Å². The van der Waals surface area contributed by atoms with Gasteiger partial charge in [-0.05, 0) is 88.2 Å². The molecule has 8 nitrogen and oxygen atoms in total. The number of rotatable bonds is 9. The molecule has 2 N–H and O–H groups in total. The number of piperidine rings is 1. The summed E-state index contributed by atoms with van der Waals surface area (Å²) in [7, 11) is 4.13. The van der Waals surface area contributed by atoms with Gasteiger partial charge in [-0.2, -0.15) is 0 Å². The molecule has 0 saturated carbocycles. The molecule has 1 aromatic rings. The SMILES string of the molecule is CCOC(=O)N1CCC(Nc2ccc3c(c2)NC(=O)/C3=C\c2cc(C)c3c(OCCCN(C)C)ccccc2-3)CC1. The molecule has 41 heavy (non-hydrogen) atoms. The maximum absolute atomic E-state index is 13.1. The van der Waals surface area contributed by atoms with Crippen molar-refractivity contribution in [2.45, 2.75) is 39.2 Å². The quantitative estimate of drug-likeness (QED) is 0.250. The molecule has 0 atom stereocenters. The van der Waals surface area contributed by atoms with Crippen molar-refractivity contribution in [3.8, 4) is 16.9 Å². The molecule has 2 aliphatic heterocycles.